The summed E-state index contributed by atoms with van der Waals surface area (Å²) in [6, 6.07) is 18.2. The lowest BCUT2D eigenvalue weighted by atomic mass is 10.1. The Bertz CT molecular complexity index is 1620. The monoisotopic (exact) mass is 436 g/mol. The summed E-state index contributed by atoms with van der Waals surface area (Å²) in [5, 5.41) is 8.48. The van der Waals surface area contributed by atoms with Gasteiger partial charge in [0.15, 0.2) is 5.82 Å². The van der Waals surface area contributed by atoms with Crippen molar-refractivity contribution in [2.75, 3.05) is 7.11 Å². The number of H-pyrrole nitrogens is 2. The van der Waals surface area contributed by atoms with E-state index >= 15 is 0 Å². The van der Waals surface area contributed by atoms with Crippen LogP contribution in [0.2, 0.25) is 0 Å². The van der Waals surface area contributed by atoms with Gasteiger partial charge in [-0.3, -0.25) is 15.1 Å². The molecule has 0 aliphatic rings. The molecule has 0 aliphatic carbocycles. The van der Waals surface area contributed by atoms with Gasteiger partial charge < -0.3 is 9.72 Å². The number of hydrogen-bond donors (Lipinski definition) is 2. The molecule has 0 aliphatic heterocycles. The van der Waals surface area contributed by atoms with Crippen molar-refractivity contribution in [3.05, 3.63) is 78.9 Å². The van der Waals surface area contributed by atoms with E-state index < -0.39 is 5.82 Å². The van der Waals surface area contributed by atoms with Crippen molar-refractivity contribution < 1.29 is 9.13 Å². The Morgan fingerprint density at radius 1 is 0.848 bits per heavy atom. The zero-order chi connectivity index (χ0) is 22.4. The van der Waals surface area contributed by atoms with Crippen LogP contribution in [0.3, 0.4) is 0 Å². The second kappa shape index (κ2) is 7.52. The van der Waals surface area contributed by atoms with Gasteiger partial charge in [0.1, 0.15) is 22.8 Å². The second-order valence-electron chi connectivity index (χ2n) is 7.57. The molecule has 160 valence electrons. The van der Waals surface area contributed by atoms with Crippen LogP contribution in [0.4, 0.5) is 4.39 Å². The normalized spacial score (nSPS) is 11.3. The Morgan fingerprint density at radius 2 is 1.79 bits per heavy atom. The molecule has 0 saturated carbocycles. The fourth-order valence-electron chi connectivity index (χ4n) is 3.96. The quantitative estimate of drug-likeness (QED) is 0.387. The van der Waals surface area contributed by atoms with E-state index in [1.807, 2.05) is 42.5 Å². The third-order valence-electron chi connectivity index (χ3n) is 5.53. The number of aromatic nitrogens is 6. The third-order valence-corrected chi connectivity index (χ3v) is 5.53. The average molecular weight is 436 g/mol. The van der Waals surface area contributed by atoms with Crippen molar-refractivity contribution in [2.45, 2.75) is 0 Å². The maximum atomic E-state index is 14.1. The van der Waals surface area contributed by atoms with Crippen molar-refractivity contribution in [3.63, 3.8) is 0 Å². The maximum absolute atomic E-state index is 14.1. The first-order valence-electron chi connectivity index (χ1n) is 10.3. The lowest BCUT2D eigenvalue weighted by molar-refractivity contribution is 0.411. The Balaban J connectivity index is 1.50. The highest BCUT2D eigenvalue weighted by molar-refractivity contribution is 5.97. The number of rotatable bonds is 4. The number of nitrogens with zero attached hydrogens (tertiary/aromatic N) is 4. The van der Waals surface area contributed by atoms with Gasteiger partial charge in [-0.05, 0) is 42.5 Å². The summed E-state index contributed by atoms with van der Waals surface area (Å²) in [5.74, 6) is 0.603. The van der Waals surface area contributed by atoms with E-state index in [1.54, 1.807) is 18.5 Å². The Morgan fingerprint density at radius 3 is 2.64 bits per heavy atom. The van der Waals surface area contributed by atoms with Gasteiger partial charge in [-0.1, -0.05) is 12.1 Å². The van der Waals surface area contributed by atoms with E-state index in [1.165, 1.54) is 19.2 Å². The van der Waals surface area contributed by atoms with Gasteiger partial charge in [0.2, 0.25) is 0 Å². The molecule has 2 aromatic carbocycles. The highest BCUT2D eigenvalue weighted by Crippen LogP contribution is 2.33. The van der Waals surface area contributed by atoms with E-state index in [4.69, 9.17) is 9.72 Å². The number of pyridine rings is 2. The fourth-order valence-corrected chi connectivity index (χ4v) is 3.96. The maximum Gasteiger partial charge on any atom is 0.159 e. The summed E-state index contributed by atoms with van der Waals surface area (Å²) >= 11 is 0. The molecule has 33 heavy (non-hydrogen) atoms. The second-order valence-corrected chi connectivity index (χ2v) is 7.57. The molecule has 4 heterocycles. The molecule has 0 atom stereocenters. The molecule has 0 bridgehead atoms. The summed E-state index contributed by atoms with van der Waals surface area (Å²) < 4.78 is 19.3. The number of benzene rings is 2. The minimum atomic E-state index is -0.403. The summed E-state index contributed by atoms with van der Waals surface area (Å²) in [7, 11) is 1.50. The molecule has 4 aromatic heterocycles. The molecule has 6 aromatic rings. The highest BCUT2D eigenvalue weighted by Gasteiger charge is 2.17. The zero-order valence-electron chi connectivity index (χ0n) is 17.5. The smallest absolute Gasteiger partial charge is 0.159 e. The third kappa shape index (κ3) is 3.28. The Hall–Kier alpha value is -4.59. The molecule has 7 nitrogen and oxygen atoms in total. The standard InChI is InChI=1S/C25H17FN6O/c1-33-17-11-15(10-16(26)13-17)22-24-21(7-9-28-22)29-25(30-24)23-18-12-14(5-6-20(18)31-32-23)19-4-2-3-8-27-19/h2-13H,1H3,(H,29,30)(H,31,32). The first-order valence-corrected chi connectivity index (χ1v) is 10.3. The van der Waals surface area contributed by atoms with Gasteiger partial charge in [-0.2, -0.15) is 5.10 Å². The molecule has 0 amide bonds. The number of ether oxygens (including phenoxy) is 1. The van der Waals surface area contributed by atoms with E-state index in [9.17, 15) is 4.39 Å². The first kappa shape index (κ1) is 19.1. The zero-order valence-corrected chi connectivity index (χ0v) is 17.5. The topological polar surface area (TPSA) is 92.4 Å². The molecule has 6 rings (SSSR count). The fraction of sp³-hybridized carbons (Fsp3) is 0.0400. The van der Waals surface area contributed by atoms with Crippen LogP contribution in [0.5, 0.6) is 5.75 Å². The molecular weight excluding hydrogens is 419 g/mol. The number of methoxy groups -OCH3 is 1. The Kier molecular flexibility index (Phi) is 4.36. The van der Waals surface area contributed by atoms with Gasteiger partial charge in [-0.25, -0.2) is 9.37 Å². The van der Waals surface area contributed by atoms with Crippen LogP contribution in [0.1, 0.15) is 0 Å². The summed E-state index contributed by atoms with van der Waals surface area (Å²) in [6.45, 7) is 0. The molecule has 0 unspecified atom stereocenters. The minimum absolute atomic E-state index is 0.403. The van der Waals surface area contributed by atoms with E-state index in [0.29, 0.717) is 34.0 Å². The largest absolute Gasteiger partial charge is 0.497 e. The lowest BCUT2D eigenvalue weighted by Crippen LogP contribution is -1.90. The van der Waals surface area contributed by atoms with Crippen molar-refractivity contribution >= 4 is 21.9 Å². The summed E-state index contributed by atoms with van der Waals surface area (Å²) in [5.41, 5.74) is 5.97. The number of imidazole rings is 1. The average Bonchev–Trinajstić information content (AvgIpc) is 3.47. The first-order chi connectivity index (χ1) is 16.2. The van der Waals surface area contributed by atoms with Crippen molar-refractivity contribution in [3.8, 4) is 39.8 Å². The van der Waals surface area contributed by atoms with Crippen molar-refractivity contribution in [2.24, 2.45) is 0 Å². The van der Waals surface area contributed by atoms with Crippen LogP contribution in [0.15, 0.2) is 73.1 Å². The van der Waals surface area contributed by atoms with Crippen LogP contribution in [0, 0.1) is 5.82 Å². The number of halogens is 1. The van der Waals surface area contributed by atoms with E-state index in [2.05, 4.69) is 25.1 Å². The molecule has 0 spiro atoms. The summed E-state index contributed by atoms with van der Waals surface area (Å²) in [4.78, 5) is 17.0. The molecule has 0 radical (unpaired) electrons. The molecular formula is C25H17FN6O. The minimum Gasteiger partial charge on any atom is -0.497 e. The van der Waals surface area contributed by atoms with E-state index in [-0.39, 0.29) is 0 Å². The SMILES string of the molecule is COc1cc(F)cc(-c2nccc3[nH]c(-c4n[nH]c5ccc(-c6ccccn6)cc45)nc23)c1. The Labute approximate surface area is 187 Å². The van der Waals surface area contributed by atoms with Crippen molar-refractivity contribution in [1.29, 1.82) is 0 Å². The van der Waals surface area contributed by atoms with Crippen molar-refractivity contribution in [1.82, 2.24) is 30.1 Å². The predicted molar refractivity (Wildman–Crippen MR) is 124 cm³/mol. The number of hydrogen-bond acceptors (Lipinski definition) is 5. The lowest BCUT2D eigenvalue weighted by Gasteiger charge is -2.05. The van der Waals surface area contributed by atoms with Crippen LogP contribution in [-0.4, -0.2) is 37.2 Å². The van der Waals surface area contributed by atoms with Crippen LogP contribution < -0.4 is 4.74 Å². The molecule has 2 N–H and O–H groups in total. The van der Waals surface area contributed by atoms with Gasteiger partial charge in [0.25, 0.3) is 0 Å². The van der Waals surface area contributed by atoms with Crippen LogP contribution in [-0.2, 0) is 0 Å². The number of nitrogens with one attached hydrogen (secondary N) is 2. The van der Waals surface area contributed by atoms with Crippen LogP contribution >= 0.6 is 0 Å². The predicted octanol–water partition coefficient (Wildman–Crippen LogP) is 5.38. The number of aromatic amines is 2. The van der Waals surface area contributed by atoms with Gasteiger partial charge in [-0.15, -0.1) is 0 Å². The molecule has 0 fully saturated rings. The van der Waals surface area contributed by atoms with Gasteiger partial charge >= 0.3 is 0 Å². The van der Waals surface area contributed by atoms with Gasteiger partial charge in [0, 0.05) is 35.0 Å². The number of fused-ring (bicyclic) bond motifs is 2. The highest BCUT2D eigenvalue weighted by atomic mass is 19.1. The van der Waals surface area contributed by atoms with Crippen LogP contribution in [0.25, 0.3) is 56.0 Å². The molecule has 8 heteroatoms. The molecule has 0 saturated heterocycles. The summed E-state index contributed by atoms with van der Waals surface area (Å²) in [6.07, 6.45) is 3.43. The van der Waals surface area contributed by atoms with E-state index in [0.717, 1.165) is 27.7 Å². The van der Waals surface area contributed by atoms with Gasteiger partial charge in [0.05, 0.1) is 29.5 Å².